The molecule has 0 spiro atoms. The van der Waals surface area contributed by atoms with Crippen molar-refractivity contribution in [3.05, 3.63) is 23.8 Å². The molecule has 0 aromatic heterocycles. The molecule has 1 amide bonds. The highest BCUT2D eigenvalue weighted by atomic mass is 32.2. The lowest BCUT2D eigenvalue weighted by Crippen LogP contribution is -2.41. The van der Waals surface area contributed by atoms with Crippen LogP contribution in [0, 0.1) is 5.92 Å². The smallest absolute Gasteiger partial charge is 0.326 e. The van der Waals surface area contributed by atoms with Crippen molar-refractivity contribution >= 4 is 21.6 Å². The lowest BCUT2D eigenvalue weighted by molar-refractivity contribution is -0.183. The average molecular weight is 376 g/mol. The van der Waals surface area contributed by atoms with Gasteiger partial charge in [-0.3, -0.25) is 4.79 Å². The van der Waals surface area contributed by atoms with Crippen LogP contribution in [0.4, 0.5) is 18.9 Å². The average Bonchev–Trinajstić information content (AvgIpc) is 2.53. The van der Waals surface area contributed by atoms with E-state index >= 15 is 0 Å². The molecule has 138 valence electrons. The molecule has 3 rings (SSSR count). The van der Waals surface area contributed by atoms with Crippen LogP contribution >= 0.6 is 0 Å². The predicted octanol–water partition coefficient (Wildman–Crippen LogP) is 2.97. The second-order valence-corrected chi connectivity index (χ2v) is 8.30. The van der Waals surface area contributed by atoms with Crippen molar-refractivity contribution in [2.24, 2.45) is 5.92 Å². The van der Waals surface area contributed by atoms with Crippen molar-refractivity contribution in [2.75, 3.05) is 5.32 Å². The molecule has 0 unspecified atom stereocenters. The molecule has 0 radical (unpaired) electrons. The van der Waals surface area contributed by atoms with Crippen molar-refractivity contribution in [1.82, 2.24) is 4.72 Å². The van der Waals surface area contributed by atoms with Gasteiger partial charge in [0.1, 0.15) is 0 Å². The Morgan fingerprint density at radius 1 is 1.16 bits per heavy atom. The van der Waals surface area contributed by atoms with E-state index in [4.69, 9.17) is 0 Å². The number of hydrogen-bond donors (Lipinski definition) is 2. The normalized spacial score (nSPS) is 24.5. The second kappa shape index (κ2) is 6.60. The summed E-state index contributed by atoms with van der Waals surface area (Å²) < 4.78 is 66.1. The summed E-state index contributed by atoms with van der Waals surface area (Å²) in [6.45, 7) is 0. The van der Waals surface area contributed by atoms with Crippen LogP contribution in [0.25, 0.3) is 0 Å². The Labute approximate surface area is 144 Å². The first-order valence-corrected chi connectivity index (χ1v) is 9.65. The van der Waals surface area contributed by atoms with Gasteiger partial charge in [0.05, 0.1) is 10.8 Å². The van der Waals surface area contributed by atoms with Crippen LogP contribution in [0.15, 0.2) is 23.1 Å². The molecule has 1 fully saturated rings. The van der Waals surface area contributed by atoms with Gasteiger partial charge < -0.3 is 5.32 Å². The van der Waals surface area contributed by atoms with E-state index in [0.29, 0.717) is 30.5 Å². The molecule has 2 aliphatic rings. The number of halogens is 3. The lowest BCUT2D eigenvalue weighted by atomic mass is 9.86. The van der Waals surface area contributed by atoms with Crippen LogP contribution in [0.5, 0.6) is 0 Å². The molecule has 0 saturated heterocycles. The summed E-state index contributed by atoms with van der Waals surface area (Å²) in [4.78, 5) is 11.4. The summed E-state index contributed by atoms with van der Waals surface area (Å²) >= 11 is 0. The fourth-order valence-corrected chi connectivity index (χ4v) is 4.74. The number of benzene rings is 1. The molecule has 1 aromatic rings. The number of alkyl halides is 3. The Kier molecular flexibility index (Phi) is 4.80. The van der Waals surface area contributed by atoms with Crippen molar-refractivity contribution in [3.63, 3.8) is 0 Å². The quantitative estimate of drug-likeness (QED) is 0.852. The minimum Gasteiger partial charge on any atom is -0.326 e. The highest BCUT2D eigenvalue weighted by Gasteiger charge is 2.42. The van der Waals surface area contributed by atoms with Gasteiger partial charge in [0, 0.05) is 18.2 Å². The Morgan fingerprint density at radius 3 is 2.64 bits per heavy atom. The number of hydrogen-bond acceptors (Lipinski definition) is 3. The molecule has 25 heavy (non-hydrogen) atoms. The maximum absolute atomic E-state index is 12.9. The first kappa shape index (κ1) is 18.2. The molecule has 1 aliphatic heterocycles. The molecule has 5 nitrogen and oxygen atoms in total. The van der Waals surface area contributed by atoms with Gasteiger partial charge >= 0.3 is 6.18 Å². The van der Waals surface area contributed by atoms with Gasteiger partial charge in [-0.05, 0) is 49.4 Å². The van der Waals surface area contributed by atoms with Crippen molar-refractivity contribution < 1.29 is 26.4 Å². The molecule has 9 heteroatoms. The van der Waals surface area contributed by atoms with Gasteiger partial charge in [-0.25, -0.2) is 13.1 Å². The van der Waals surface area contributed by atoms with E-state index in [1.807, 2.05) is 0 Å². The van der Waals surface area contributed by atoms with Crippen LogP contribution in [0.2, 0.25) is 0 Å². The van der Waals surface area contributed by atoms with Gasteiger partial charge in [-0.15, -0.1) is 0 Å². The highest BCUT2D eigenvalue weighted by molar-refractivity contribution is 7.89. The van der Waals surface area contributed by atoms with E-state index in [0.717, 1.165) is 0 Å². The topological polar surface area (TPSA) is 75.3 Å². The van der Waals surface area contributed by atoms with Crippen molar-refractivity contribution in [1.29, 1.82) is 0 Å². The fourth-order valence-electron chi connectivity index (χ4n) is 3.41. The maximum Gasteiger partial charge on any atom is 0.391 e. The predicted molar refractivity (Wildman–Crippen MR) is 85.5 cm³/mol. The number of fused-ring (bicyclic) bond motifs is 1. The molecule has 1 aromatic carbocycles. The first-order valence-electron chi connectivity index (χ1n) is 8.17. The number of rotatable bonds is 3. The minimum atomic E-state index is -4.30. The molecular formula is C16H19F3N2O3S. The zero-order chi connectivity index (χ0) is 18.2. The third-order valence-corrected chi connectivity index (χ3v) is 6.26. The van der Waals surface area contributed by atoms with E-state index < -0.39 is 28.2 Å². The SMILES string of the molecule is O=C1CCc2cc(S(=O)(=O)N[C@@H]3CCC[C@H](C(F)(F)F)C3)ccc2N1. The number of amides is 1. The van der Waals surface area contributed by atoms with Crippen LogP contribution in [-0.4, -0.2) is 26.5 Å². The summed E-state index contributed by atoms with van der Waals surface area (Å²) in [5.74, 6) is -1.59. The molecule has 1 aliphatic carbocycles. The van der Waals surface area contributed by atoms with Crippen LogP contribution in [-0.2, 0) is 21.2 Å². The van der Waals surface area contributed by atoms with Gasteiger partial charge in [-0.2, -0.15) is 13.2 Å². The zero-order valence-corrected chi connectivity index (χ0v) is 14.2. The van der Waals surface area contributed by atoms with E-state index in [-0.39, 0.29) is 30.1 Å². The van der Waals surface area contributed by atoms with Gasteiger partial charge in [-0.1, -0.05) is 6.42 Å². The number of carbonyl (C=O) groups is 1. The third kappa shape index (κ3) is 4.14. The van der Waals surface area contributed by atoms with Gasteiger partial charge in [0.15, 0.2) is 0 Å². The standard InChI is InChI=1S/C16H19F3N2O3S/c17-16(18,19)11-2-1-3-12(9-11)21-25(23,24)13-5-6-14-10(8-13)4-7-15(22)20-14/h5-6,8,11-12,21H,1-4,7,9H2,(H,20,22)/t11-,12+/m0/s1. The largest absolute Gasteiger partial charge is 0.391 e. The number of aryl methyl sites for hydroxylation is 1. The molecule has 1 heterocycles. The van der Waals surface area contributed by atoms with E-state index in [1.165, 1.54) is 18.2 Å². The van der Waals surface area contributed by atoms with E-state index in [2.05, 4.69) is 10.0 Å². The molecular weight excluding hydrogens is 357 g/mol. The van der Waals surface area contributed by atoms with Crippen LogP contribution in [0.3, 0.4) is 0 Å². The van der Waals surface area contributed by atoms with Crippen molar-refractivity contribution in [3.8, 4) is 0 Å². The molecule has 2 atom stereocenters. The van der Waals surface area contributed by atoms with E-state index in [1.54, 1.807) is 0 Å². The van der Waals surface area contributed by atoms with Gasteiger partial charge in [0.25, 0.3) is 0 Å². The Balaban J connectivity index is 1.75. The number of anilines is 1. The zero-order valence-electron chi connectivity index (χ0n) is 13.4. The maximum atomic E-state index is 12.9. The number of nitrogens with one attached hydrogen (secondary N) is 2. The Morgan fingerprint density at radius 2 is 1.92 bits per heavy atom. The minimum absolute atomic E-state index is 0.0107. The summed E-state index contributed by atoms with van der Waals surface area (Å²) in [5.41, 5.74) is 1.28. The Hall–Kier alpha value is -1.61. The first-order chi connectivity index (χ1) is 11.6. The Bertz CT molecular complexity index is 777. The highest BCUT2D eigenvalue weighted by Crippen LogP contribution is 2.38. The van der Waals surface area contributed by atoms with Crippen molar-refractivity contribution in [2.45, 2.75) is 55.6 Å². The third-order valence-electron chi connectivity index (χ3n) is 4.74. The molecule has 1 saturated carbocycles. The van der Waals surface area contributed by atoms with E-state index in [9.17, 15) is 26.4 Å². The summed E-state index contributed by atoms with van der Waals surface area (Å²) in [6.07, 6.45) is -3.04. The number of sulfonamides is 1. The summed E-state index contributed by atoms with van der Waals surface area (Å²) in [6, 6.07) is 3.62. The lowest BCUT2D eigenvalue weighted by Gasteiger charge is -2.30. The molecule has 0 bridgehead atoms. The summed E-state index contributed by atoms with van der Waals surface area (Å²) in [7, 11) is -3.91. The monoisotopic (exact) mass is 376 g/mol. The number of carbonyl (C=O) groups excluding carboxylic acids is 1. The second-order valence-electron chi connectivity index (χ2n) is 6.59. The fraction of sp³-hybridized carbons (Fsp3) is 0.562. The summed E-state index contributed by atoms with van der Waals surface area (Å²) in [5, 5.41) is 2.66. The van der Waals surface area contributed by atoms with Crippen LogP contribution in [0.1, 0.15) is 37.7 Å². The van der Waals surface area contributed by atoms with Gasteiger partial charge in [0.2, 0.25) is 15.9 Å². The van der Waals surface area contributed by atoms with Crippen LogP contribution < -0.4 is 10.0 Å². The molecule has 2 N–H and O–H groups in total.